The van der Waals surface area contributed by atoms with Gasteiger partial charge in [-0.3, -0.25) is 4.55 Å². The molecule has 0 bridgehead atoms. The summed E-state index contributed by atoms with van der Waals surface area (Å²) in [6, 6.07) is 16.3. The molecular weight excluding hydrogens is 650 g/mol. The van der Waals surface area contributed by atoms with Crippen molar-refractivity contribution in [2.75, 3.05) is 5.73 Å². The Morgan fingerprint density at radius 3 is 1.73 bits per heavy atom. The smallest absolute Gasteiger partial charge is 0.339 e. The molecule has 0 amide bonds. The van der Waals surface area contributed by atoms with Crippen molar-refractivity contribution >= 4 is 67.2 Å². The molecule has 5 aromatic rings. The molecule has 0 saturated carbocycles. The van der Waals surface area contributed by atoms with Crippen LogP contribution in [0.4, 0.5) is 28.4 Å². The van der Waals surface area contributed by atoms with Crippen molar-refractivity contribution in [3.05, 3.63) is 95.6 Å². The average Bonchev–Trinajstić information content (AvgIpc) is 3.03. The number of nitrogen functional groups attached to an aromatic ring is 1. The molecule has 0 heterocycles. The van der Waals surface area contributed by atoms with Gasteiger partial charge in [0.15, 0.2) is 5.75 Å². The third-order valence-electron chi connectivity index (χ3n) is 6.88. The fourth-order valence-corrected chi connectivity index (χ4v) is 5.23. The molecule has 5 rings (SSSR count). The van der Waals surface area contributed by atoms with Crippen molar-refractivity contribution in [1.82, 2.24) is 0 Å². The number of carboxylic acid groups (broad SMARTS) is 3. The Morgan fingerprint density at radius 2 is 1.19 bits per heavy atom. The van der Waals surface area contributed by atoms with Crippen LogP contribution in [0.15, 0.2) is 104 Å². The largest absolute Gasteiger partial charge is 0.507 e. The lowest BCUT2D eigenvalue weighted by atomic mass is 9.99. The number of carbonyl (C=O) groups is 3. The van der Waals surface area contributed by atoms with Gasteiger partial charge in [0.2, 0.25) is 0 Å². The minimum Gasteiger partial charge on any atom is -0.507 e. The van der Waals surface area contributed by atoms with Crippen LogP contribution >= 0.6 is 0 Å². The predicted octanol–water partition coefficient (Wildman–Crippen LogP) is 6.67. The van der Waals surface area contributed by atoms with Gasteiger partial charge in [0.1, 0.15) is 33.3 Å². The summed E-state index contributed by atoms with van der Waals surface area (Å²) in [5.74, 6) is -5.47. The molecule has 8 N–H and O–H groups in total. The van der Waals surface area contributed by atoms with E-state index in [1.165, 1.54) is 54.6 Å². The molecule has 0 unspecified atom stereocenters. The minimum absolute atomic E-state index is 0.0197. The monoisotopic (exact) mass is 671 g/mol. The number of phenols is 2. The summed E-state index contributed by atoms with van der Waals surface area (Å²) in [7, 11) is -4.93. The molecule has 16 nitrogen and oxygen atoms in total. The maximum atomic E-state index is 12.2. The number of nitrogens with zero attached hydrogens (tertiary/aromatic N) is 4. The molecule has 0 aliphatic heterocycles. The number of anilines is 1. The van der Waals surface area contributed by atoms with Crippen LogP contribution in [-0.4, -0.2) is 56.4 Å². The molecule has 0 atom stereocenters. The molecule has 0 fully saturated rings. The third-order valence-corrected chi connectivity index (χ3v) is 7.75. The molecule has 0 aliphatic rings. The Morgan fingerprint density at radius 1 is 0.625 bits per heavy atom. The van der Waals surface area contributed by atoms with E-state index in [1.54, 1.807) is 0 Å². The van der Waals surface area contributed by atoms with Gasteiger partial charge in [-0.25, -0.2) is 14.4 Å². The van der Waals surface area contributed by atoms with E-state index in [9.17, 15) is 52.9 Å². The van der Waals surface area contributed by atoms with Crippen molar-refractivity contribution in [1.29, 1.82) is 0 Å². The predicted molar refractivity (Wildman–Crippen MR) is 169 cm³/mol. The van der Waals surface area contributed by atoms with Crippen LogP contribution in [0.25, 0.3) is 21.9 Å². The Balaban J connectivity index is 1.53. The second kappa shape index (κ2) is 12.6. The zero-order valence-corrected chi connectivity index (χ0v) is 24.8. The van der Waals surface area contributed by atoms with E-state index in [2.05, 4.69) is 20.5 Å². The maximum absolute atomic E-state index is 12.2. The van der Waals surface area contributed by atoms with Gasteiger partial charge < -0.3 is 31.3 Å². The lowest BCUT2D eigenvalue weighted by molar-refractivity contribution is 0.0684. The topological polar surface area (TPSA) is 282 Å². The minimum atomic E-state index is -4.93. The maximum Gasteiger partial charge on any atom is 0.339 e. The molecule has 0 saturated heterocycles. The second-order valence-corrected chi connectivity index (χ2v) is 11.4. The van der Waals surface area contributed by atoms with Crippen molar-refractivity contribution < 1.29 is 52.9 Å². The number of phenolic OH excluding ortho intramolecular Hbond substituents is 1. The summed E-state index contributed by atoms with van der Waals surface area (Å²) in [5, 5.41) is 65.0. The zero-order chi connectivity index (χ0) is 34.9. The van der Waals surface area contributed by atoms with Crippen molar-refractivity contribution in [2.45, 2.75) is 4.90 Å². The van der Waals surface area contributed by atoms with Crippen molar-refractivity contribution in [2.24, 2.45) is 20.5 Å². The summed E-state index contributed by atoms with van der Waals surface area (Å²) in [5.41, 5.74) is 4.23. The van der Waals surface area contributed by atoms with Crippen LogP contribution in [0.2, 0.25) is 0 Å². The van der Waals surface area contributed by atoms with Gasteiger partial charge in [-0.15, -0.1) is 15.3 Å². The zero-order valence-electron chi connectivity index (χ0n) is 24.0. The van der Waals surface area contributed by atoms with Gasteiger partial charge in [-0.1, -0.05) is 18.2 Å². The van der Waals surface area contributed by atoms with Gasteiger partial charge in [-0.2, -0.15) is 13.5 Å². The van der Waals surface area contributed by atoms with Crippen LogP contribution in [0.1, 0.15) is 31.1 Å². The van der Waals surface area contributed by atoms with Crippen molar-refractivity contribution in [3.8, 4) is 22.6 Å². The van der Waals surface area contributed by atoms with E-state index >= 15 is 0 Å². The number of benzene rings is 5. The molecule has 0 radical (unpaired) electrons. The molecule has 0 spiro atoms. The van der Waals surface area contributed by atoms with Gasteiger partial charge in [0, 0.05) is 11.1 Å². The molecule has 48 heavy (non-hydrogen) atoms. The summed E-state index contributed by atoms with van der Waals surface area (Å²) < 4.78 is 34.0. The summed E-state index contributed by atoms with van der Waals surface area (Å²) >= 11 is 0. The lowest BCUT2D eigenvalue weighted by Crippen LogP contribution is -2.00. The highest BCUT2D eigenvalue weighted by molar-refractivity contribution is 7.86. The summed E-state index contributed by atoms with van der Waals surface area (Å²) in [6.45, 7) is 0. The highest BCUT2D eigenvalue weighted by Gasteiger charge is 2.23. The Bertz CT molecular complexity index is 2360. The standard InChI is InChI=1S/C31H21N5O11S/c32-17-4-1-16-11-26(48(45,46)47)27(28(38)19(16)12-17)36-35-24-7-3-15(10-21(24)30(41)42)14-2-6-23(20(9-14)29(39)40)34-33-18-5-8-25(37)22(13-18)31(43)44/h1-13,37-38H,32H2,(H,39,40)(H,41,42)(H,43,44)(H,45,46,47). The number of carboxylic acids is 3. The number of aromatic carboxylic acids is 3. The lowest BCUT2D eigenvalue weighted by Gasteiger charge is -2.10. The van der Waals surface area contributed by atoms with Crippen molar-refractivity contribution in [3.63, 3.8) is 0 Å². The number of hydrogen-bond donors (Lipinski definition) is 7. The van der Waals surface area contributed by atoms with Gasteiger partial charge in [0.05, 0.1) is 16.8 Å². The van der Waals surface area contributed by atoms with Gasteiger partial charge >= 0.3 is 17.9 Å². The summed E-state index contributed by atoms with van der Waals surface area (Å²) in [4.78, 5) is 34.7. The molecular formula is C31H21N5O11S. The highest BCUT2D eigenvalue weighted by Crippen LogP contribution is 2.42. The van der Waals surface area contributed by atoms with E-state index in [-0.39, 0.29) is 50.2 Å². The van der Waals surface area contributed by atoms with Crippen LogP contribution in [0.3, 0.4) is 0 Å². The van der Waals surface area contributed by atoms with E-state index in [1.807, 2.05) is 0 Å². The third kappa shape index (κ3) is 6.62. The van der Waals surface area contributed by atoms with E-state index < -0.39 is 61.2 Å². The molecule has 242 valence electrons. The van der Waals surface area contributed by atoms with Crippen LogP contribution in [-0.2, 0) is 10.1 Å². The number of hydrogen-bond acceptors (Lipinski definition) is 12. The second-order valence-electron chi connectivity index (χ2n) is 10.0. The highest BCUT2D eigenvalue weighted by atomic mass is 32.2. The van der Waals surface area contributed by atoms with Gasteiger partial charge in [-0.05, 0) is 77.2 Å². The first-order valence-electron chi connectivity index (χ1n) is 13.3. The normalized spacial score (nSPS) is 11.8. The average molecular weight is 672 g/mol. The number of azo groups is 2. The van der Waals surface area contributed by atoms with E-state index in [0.717, 1.165) is 24.3 Å². The SMILES string of the molecule is Nc1ccc2cc(S(=O)(=O)O)c(N=Nc3ccc(-c4ccc(N=Nc5ccc(O)c(C(=O)O)c5)c(C(=O)O)c4)cc3C(=O)O)c(O)c2c1. The summed E-state index contributed by atoms with van der Waals surface area (Å²) in [6.07, 6.45) is 0. The fourth-order valence-electron chi connectivity index (χ4n) is 4.57. The van der Waals surface area contributed by atoms with Crippen LogP contribution in [0, 0.1) is 0 Å². The fraction of sp³-hybridized carbons (Fsp3) is 0. The number of fused-ring (bicyclic) bond motifs is 1. The van der Waals surface area contributed by atoms with Crippen LogP contribution < -0.4 is 5.73 Å². The molecule has 5 aromatic carbocycles. The molecule has 17 heteroatoms. The van der Waals surface area contributed by atoms with Crippen LogP contribution in [0.5, 0.6) is 11.5 Å². The van der Waals surface area contributed by atoms with E-state index in [4.69, 9.17) is 5.73 Å². The number of aromatic hydroxyl groups is 2. The first-order chi connectivity index (χ1) is 22.6. The molecule has 0 aromatic heterocycles. The first-order valence-corrected chi connectivity index (χ1v) is 14.8. The first kappa shape index (κ1) is 32.7. The molecule has 0 aliphatic carbocycles. The van der Waals surface area contributed by atoms with Gasteiger partial charge in [0.25, 0.3) is 10.1 Å². The number of rotatable bonds is 9. The Kier molecular flexibility index (Phi) is 8.56. The Hall–Kier alpha value is -6.72. The Labute approximate surface area is 269 Å². The quantitative estimate of drug-likeness (QED) is 0.0491. The number of nitrogens with two attached hydrogens (primary N) is 1. The van der Waals surface area contributed by atoms with E-state index in [0.29, 0.717) is 0 Å².